The van der Waals surface area contributed by atoms with Gasteiger partial charge in [-0.2, -0.15) is 5.26 Å². The van der Waals surface area contributed by atoms with Gasteiger partial charge in [-0.05, 0) is 19.1 Å². The van der Waals surface area contributed by atoms with Crippen molar-refractivity contribution in [2.24, 2.45) is 0 Å². The molecule has 106 valence electrons. The number of para-hydroxylation sites is 1. The second-order valence-electron chi connectivity index (χ2n) is 4.52. The van der Waals surface area contributed by atoms with E-state index in [2.05, 4.69) is 10.3 Å². The SMILES string of the molecule is Cc1cc(=O)n(CCC(=O)Nc2ccccc2C#N)cn1. The Morgan fingerprint density at radius 3 is 2.90 bits per heavy atom. The number of aromatic nitrogens is 2. The molecule has 1 amide bonds. The number of nitriles is 1. The number of carbonyl (C=O) groups excluding carboxylic acids is 1. The van der Waals surface area contributed by atoms with Gasteiger partial charge in [0.25, 0.3) is 5.56 Å². The summed E-state index contributed by atoms with van der Waals surface area (Å²) in [5, 5.41) is 11.6. The summed E-state index contributed by atoms with van der Waals surface area (Å²) < 4.78 is 1.38. The highest BCUT2D eigenvalue weighted by atomic mass is 16.1. The van der Waals surface area contributed by atoms with Gasteiger partial charge in [0.05, 0.1) is 17.6 Å². The smallest absolute Gasteiger partial charge is 0.253 e. The predicted molar refractivity (Wildman–Crippen MR) is 77.6 cm³/mol. The van der Waals surface area contributed by atoms with Crippen molar-refractivity contribution in [1.29, 1.82) is 5.26 Å². The second kappa shape index (κ2) is 6.48. The zero-order valence-electron chi connectivity index (χ0n) is 11.5. The average molecular weight is 282 g/mol. The summed E-state index contributed by atoms with van der Waals surface area (Å²) in [5.41, 5.74) is 1.33. The first-order valence-electron chi connectivity index (χ1n) is 6.42. The van der Waals surface area contributed by atoms with Crippen LogP contribution < -0.4 is 10.9 Å². The van der Waals surface area contributed by atoms with Crippen molar-refractivity contribution >= 4 is 11.6 Å². The normalized spacial score (nSPS) is 9.90. The van der Waals surface area contributed by atoms with Crippen molar-refractivity contribution in [2.75, 3.05) is 5.32 Å². The molecule has 0 aliphatic heterocycles. The Hall–Kier alpha value is -2.94. The molecule has 0 unspecified atom stereocenters. The summed E-state index contributed by atoms with van der Waals surface area (Å²) >= 11 is 0. The lowest BCUT2D eigenvalue weighted by atomic mass is 10.2. The molecule has 0 bridgehead atoms. The number of hydrogen-bond donors (Lipinski definition) is 1. The lowest BCUT2D eigenvalue weighted by molar-refractivity contribution is -0.116. The summed E-state index contributed by atoms with van der Waals surface area (Å²) in [5.74, 6) is -0.259. The molecule has 6 heteroatoms. The summed E-state index contributed by atoms with van der Waals surface area (Å²) in [6, 6.07) is 10.2. The maximum absolute atomic E-state index is 11.9. The highest BCUT2D eigenvalue weighted by Crippen LogP contribution is 2.13. The number of benzene rings is 1. The summed E-state index contributed by atoms with van der Waals surface area (Å²) in [6.07, 6.45) is 1.55. The molecule has 0 saturated carbocycles. The van der Waals surface area contributed by atoms with Gasteiger partial charge in [-0.25, -0.2) is 4.98 Å². The van der Waals surface area contributed by atoms with Crippen LogP contribution in [0.25, 0.3) is 0 Å². The third kappa shape index (κ3) is 3.76. The first-order chi connectivity index (χ1) is 10.1. The number of nitrogens with zero attached hydrogens (tertiary/aromatic N) is 3. The number of hydrogen-bond acceptors (Lipinski definition) is 4. The molecule has 2 aromatic rings. The summed E-state index contributed by atoms with van der Waals surface area (Å²) in [7, 11) is 0. The molecule has 0 spiro atoms. The van der Waals surface area contributed by atoms with Crippen LogP contribution in [-0.4, -0.2) is 15.5 Å². The topological polar surface area (TPSA) is 87.8 Å². The second-order valence-corrected chi connectivity index (χ2v) is 4.52. The van der Waals surface area contributed by atoms with E-state index in [0.29, 0.717) is 16.9 Å². The van der Waals surface area contributed by atoms with Crippen molar-refractivity contribution in [1.82, 2.24) is 9.55 Å². The Labute approximate surface area is 121 Å². The molecule has 1 aromatic carbocycles. The number of amides is 1. The molecule has 21 heavy (non-hydrogen) atoms. The van der Waals surface area contributed by atoms with Gasteiger partial charge in [0.15, 0.2) is 0 Å². The zero-order chi connectivity index (χ0) is 15.2. The van der Waals surface area contributed by atoms with Crippen LogP contribution in [-0.2, 0) is 11.3 Å². The van der Waals surface area contributed by atoms with Crippen LogP contribution in [0.4, 0.5) is 5.69 Å². The van der Waals surface area contributed by atoms with E-state index in [-0.39, 0.29) is 24.4 Å². The molecule has 1 aromatic heterocycles. The molecule has 2 rings (SSSR count). The van der Waals surface area contributed by atoms with Gasteiger partial charge < -0.3 is 5.32 Å². The minimum absolute atomic E-state index is 0.129. The monoisotopic (exact) mass is 282 g/mol. The Kier molecular flexibility index (Phi) is 4.46. The van der Waals surface area contributed by atoms with Crippen LogP contribution in [0.1, 0.15) is 17.7 Å². The van der Waals surface area contributed by atoms with E-state index in [1.165, 1.54) is 17.0 Å². The van der Waals surface area contributed by atoms with Crippen LogP contribution in [0.5, 0.6) is 0 Å². The van der Waals surface area contributed by atoms with Crippen molar-refractivity contribution in [3.05, 3.63) is 58.3 Å². The highest BCUT2D eigenvalue weighted by Gasteiger charge is 2.07. The van der Waals surface area contributed by atoms with E-state index >= 15 is 0 Å². The Morgan fingerprint density at radius 2 is 2.19 bits per heavy atom. The minimum atomic E-state index is -0.259. The molecule has 6 nitrogen and oxygen atoms in total. The third-order valence-corrected chi connectivity index (χ3v) is 2.92. The fourth-order valence-corrected chi connectivity index (χ4v) is 1.81. The van der Waals surface area contributed by atoms with Crippen molar-refractivity contribution in [3.8, 4) is 6.07 Å². The van der Waals surface area contributed by atoms with E-state index < -0.39 is 0 Å². The van der Waals surface area contributed by atoms with Crippen LogP contribution in [0, 0.1) is 18.3 Å². The molecule has 0 fully saturated rings. The third-order valence-electron chi connectivity index (χ3n) is 2.92. The lowest BCUT2D eigenvalue weighted by Gasteiger charge is -2.08. The molecule has 1 heterocycles. The molecular formula is C15H14N4O2. The van der Waals surface area contributed by atoms with Crippen molar-refractivity contribution in [3.63, 3.8) is 0 Å². The van der Waals surface area contributed by atoms with Gasteiger partial charge in [-0.1, -0.05) is 12.1 Å². The molecule has 0 saturated heterocycles. The Morgan fingerprint density at radius 1 is 1.43 bits per heavy atom. The molecule has 0 aliphatic rings. The first kappa shape index (κ1) is 14.5. The fraction of sp³-hybridized carbons (Fsp3) is 0.200. The molecule has 0 aliphatic carbocycles. The molecule has 1 N–H and O–H groups in total. The van der Waals surface area contributed by atoms with E-state index in [1.54, 1.807) is 31.2 Å². The molecular weight excluding hydrogens is 268 g/mol. The predicted octanol–water partition coefficient (Wildman–Crippen LogP) is 1.45. The maximum Gasteiger partial charge on any atom is 0.253 e. The summed E-state index contributed by atoms with van der Waals surface area (Å²) in [4.78, 5) is 27.6. The van der Waals surface area contributed by atoms with Gasteiger partial charge in [0.1, 0.15) is 6.07 Å². The quantitative estimate of drug-likeness (QED) is 0.919. The largest absolute Gasteiger partial charge is 0.325 e. The van der Waals surface area contributed by atoms with Gasteiger partial charge in [0.2, 0.25) is 5.91 Å². The molecule has 0 radical (unpaired) electrons. The van der Waals surface area contributed by atoms with E-state index in [1.807, 2.05) is 6.07 Å². The maximum atomic E-state index is 11.9. The van der Waals surface area contributed by atoms with Crippen molar-refractivity contribution in [2.45, 2.75) is 19.9 Å². The number of anilines is 1. The number of aryl methyl sites for hydroxylation is 2. The van der Waals surface area contributed by atoms with Crippen LogP contribution >= 0.6 is 0 Å². The fourth-order valence-electron chi connectivity index (χ4n) is 1.81. The van der Waals surface area contributed by atoms with Crippen molar-refractivity contribution < 1.29 is 4.79 Å². The Balaban J connectivity index is 1.99. The molecule has 0 atom stereocenters. The van der Waals surface area contributed by atoms with Crippen LogP contribution in [0.3, 0.4) is 0 Å². The minimum Gasteiger partial charge on any atom is -0.325 e. The van der Waals surface area contributed by atoms with Crippen LogP contribution in [0.15, 0.2) is 41.5 Å². The van der Waals surface area contributed by atoms with Crippen LogP contribution in [0.2, 0.25) is 0 Å². The van der Waals surface area contributed by atoms with Gasteiger partial charge in [-0.3, -0.25) is 14.2 Å². The number of nitrogens with one attached hydrogen (secondary N) is 1. The zero-order valence-corrected chi connectivity index (χ0v) is 11.5. The van der Waals surface area contributed by atoms with E-state index in [4.69, 9.17) is 5.26 Å². The summed E-state index contributed by atoms with van der Waals surface area (Å²) in [6.45, 7) is 1.98. The lowest BCUT2D eigenvalue weighted by Crippen LogP contribution is -2.23. The number of rotatable bonds is 4. The average Bonchev–Trinajstić information content (AvgIpc) is 2.47. The number of carbonyl (C=O) groups is 1. The van der Waals surface area contributed by atoms with E-state index in [0.717, 1.165) is 0 Å². The van der Waals surface area contributed by atoms with Gasteiger partial charge in [0, 0.05) is 24.7 Å². The Bertz CT molecular complexity index is 759. The van der Waals surface area contributed by atoms with E-state index in [9.17, 15) is 9.59 Å². The van der Waals surface area contributed by atoms with Gasteiger partial charge in [-0.15, -0.1) is 0 Å². The van der Waals surface area contributed by atoms with Gasteiger partial charge >= 0.3 is 0 Å². The standard InChI is InChI=1S/C15H14N4O2/c1-11-8-15(21)19(10-17-11)7-6-14(20)18-13-5-3-2-4-12(13)9-16/h2-5,8,10H,6-7H2,1H3,(H,18,20). The first-order valence-corrected chi connectivity index (χ1v) is 6.42. The highest BCUT2D eigenvalue weighted by molar-refractivity contribution is 5.92.